The fourth-order valence-corrected chi connectivity index (χ4v) is 2.93. The van der Waals surface area contributed by atoms with Crippen LogP contribution >= 0.6 is 11.8 Å². The van der Waals surface area contributed by atoms with Gasteiger partial charge in [0.05, 0.1) is 23.6 Å². The highest BCUT2D eigenvalue weighted by Gasteiger charge is 2.17. The monoisotopic (exact) mass is 262 g/mol. The number of fused-ring (bicyclic) bond motifs is 2. The van der Waals surface area contributed by atoms with Crippen molar-refractivity contribution in [3.63, 3.8) is 0 Å². The third-order valence-electron chi connectivity index (χ3n) is 2.89. The van der Waals surface area contributed by atoms with Gasteiger partial charge in [-0.15, -0.1) is 0 Å². The molecule has 0 spiro atoms. The summed E-state index contributed by atoms with van der Waals surface area (Å²) in [6, 6.07) is 4.82. The van der Waals surface area contributed by atoms with E-state index in [9.17, 15) is 9.59 Å². The van der Waals surface area contributed by atoms with E-state index in [1.54, 1.807) is 34.5 Å². The largest absolute Gasteiger partial charge is 0.465 e. The standard InChI is InChI=1S/C12H10N2O3S/c1-17-11(16)7-2-3-8-9(6-7)13-12-14(10(8)15)4-5-18-12/h2-3,6H,4-5H2,1H3. The molecule has 1 aliphatic rings. The quantitative estimate of drug-likeness (QED) is 0.572. The summed E-state index contributed by atoms with van der Waals surface area (Å²) in [6.07, 6.45) is 0. The maximum absolute atomic E-state index is 12.2. The van der Waals surface area contributed by atoms with Crippen molar-refractivity contribution in [3.8, 4) is 0 Å². The van der Waals surface area contributed by atoms with Gasteiger partial charge in [0.25, 0.3) is 5.56 Å². The predicted molar refractivity (Wildman–Crippen MR) is 68.1 cm³/mol. The third kappa shape index (κ3) is 1.60. The first-order valence-electron chi connectivity index (χ1n) is 5.46. The van der Waals surface area contributed by atoms with Crippen molar-refractivity contribution >= 4 is 28.6 Å². The molecule has 0 saturated carbocycles. The average molecular weight is 262 g/mol. The summed E-state index contributed by atoms with van der Waals surface area (Å²) in [5.41, 5.74) is 0.907. The second kappa shape index (κ2) is 4.13. The van der Waals surface area contributed by atoms with E-state index < -0.39 is 5.97 Å². The summed E-state index contributed by atoms with van der Waals surface area (Å²) >= 11 is 1.55. The van der Waals surface area contributed by atoms with Crippen molar-refractivity contribution < 1.29 is 9.53 Å². The lowest BCUT2D eigenvalue weighted by molar-refractivity contribution is 0.0601. The number of carbonyl (C=O) groups excluding carboxylic acids is 1. The van der Waals surface area contributed by atoms with Gasteiger partial charge in [0.2, 0.25) is 0 Å². The molecule has 1 aromatic heterocycles. The molecule has 0 atom stereocenters. The molecular weight excluding hydrogens is 252 g/mol. The molecule has 1 aromatic carbocycles. The Morgan fingerprint density at radius 1 is 1.50 bits per heavy atom. The van der Waals surface area contributed by atoms with Crippen LogP contribution in [0, 0.1) is 0 Å². The van der Waals surface area contributed by atoms with Gasteiger partial charge in [-0.05, 0) is 18.2 Å². The molecule has 0 aliphatic carbocycles. The van der Waals surface area contributed by atoms with Gasteiger partial charge in [0.15, 0.2) is 5.16 Å². The number of aromatic nitrogens is 2. The molecule has 0 saturated heterocycles. The number of hydrogen-bond donors (Lipinski definition) is 0. The molecule has 0 amide bonds. The highest BCUT2D eigenvalue weighted by molar-refractivity contribution is 7.99. The number of methoxy groups -OCH3 is 1. The fourth-order valence-electron chi connectivity index (χ4n) is 1.98. The van der Waals surface area contributed by atoms with Crippen LogP contribution in [0.2, 0.25) is 0 Å². The van der Waals surface area contributed by atoms with Crippen LogP contribution in [0.15, 0.2) is 28.2 Å². The number of ether oxygens (including phenoxy) is 1. The normalized spacial score (nSPS) is 13.6. The van der Waals surface area contributed by atoms with E-state index in [1.165, 1.54) is 7.11 Å². The summed E-state index contributed by atoms with van der Waals surface area (Å²) in [7, 11) is 1.33. The Balaban J connectivity index is 2.27. The first kappa shape index (κ1) is 11.3. The van der Waals surface area contributed by atoms with Gasteiger partial charge in [-0.2, -0.15) is 0 Å². The van der Waals surface area contributed by atoms with Crippen LogP contribution in [0.5, 0.6) is 0 Å². The maximum Gasteiger partial charge on any atom is 0.337 e. The van der Waals surface area contributed by atoms with E-state index in [-0.39, 0.29) is 5.56 Å². The smallest absolute Gasteiger partial charge is 0.337 e. The summed E-state index contributed by atoms with van der Waals surface area (Å²) in [6.45, 7) is 0.695. The number of carbonyl (C=O) groups is 1. The minimum absolute atomic E-state index is 0.0450. The van der Waals surface area contributed by atoms with E-state index in [0.717, 1.165) is 10.9 Å². The number of rotatable bonds is 1. The van der Waals surface area contributed by atoms with Crippen molar-refractivity contribution in [2.75, 3.05) is 12.9 Å². The second-order valence-corrected chi connectivity index (χ2v) is 4.99. The first-order chi connectivity index (χ1) is 8.70. The summed E-state index contributed by atoms with van der Waals surface area (Å²) in [5.74, 6) is 0.439. The van der Waals surface area contributed by atoms with Gasteiger partial charge in [-0.1, -0.05) is 11.8 Å². The number of benzene rings is 1. The lowest BCUT2D eigenvalue weighted by Crippen LogP contribution is -2.20. The molecule has 2 aromatic rings. The molecular formula is C12H10N2O3S. The highest BCUT2D eigenvalue weighted by Crippen LogP contribution is 2.23. The number of hydrogen-bond acceptors (Lipinski definition) is 5. The molecule has 0 bridgehead atoms. The van der Waals surface area contributed by atoms with Crippen molar-refractivity contribution in [2.45, 2.75) is 11.7 Å². The Hall–Kier alpha value is -1.82. The molecule has 3 rings (SSSR count). The number of nitrogens with zero attached hydrogens (tertiary/aromatic N) is 2. The van der Waals surface area contributed by atoms with Gasteiger partial charge in [0, 0.05) is 12.3 Å². The number of thioether (sulfide) groups is 1. The molecule has 0 radical (unpaired) electrons. The van der Waals surface area contributed by atoms with E-state index >= 15 is 0 Å². The van der Waals surface area contributed by atoms with E-state index in [2.05, 4.69) is 9.72 Å². The van der Waals surface area contributed by atoms with E-state index in [1.807, 2.05) is 0 Å². The highest BCUT2D eigenvalue weighted by atomic mass is 32.2. The van der Waals surface area contributed by atoms with Crippen molar-refractivity contribution in [3.05, 3.63) is 34.1 Å². The van der Waals surface area contributed by atoms with E-state index in [0.29, 0.717) is 23.0 Å². The Labute approximate surface area is 107 Å². The minimum atomic E-state index is -0.424. The lowest BCUT2D eigenvalue weighted by atomic mass is 10.1. The molecule has 18 heavy (non-hydrogen) atoms. The second-order valence-electron chi connectivity index (χ2n) is 3.92. The Bertz CT molecular complexity index is 708. The zero-order valence-electron chi connectivity index (χ0n) is 9.67. The van der Waals surface area contributed by atoms with Crippen molar-refractivity contribution in [1.29, 1.82) is 0 Å². The van der Waals surface area contributed by atoms with Gasteiger partial charge in [0.1, 0.15) is 0 Å². The Morgan fingerprint density at radius 2 is 2.33 bits per heavy atom. The molecule has 92 valence electrons. The minimum Gasteiger partial charge on any atom is -0.465 e. The van der Waals surface area contributed by atoms with Crippen LogP contribution < -0.4 is 5.56 Å². The summed E-state index contributed by atoms with van der Waals surface area (Å²) in [4.78, 5) is 28.0. The number of esters is 1. The Morgan fingerprint density at radius 3 is 3.11 bits per heavy atom. The molecule has 0 unspecified atom stereocenters. The zero-order chi connectivity index (χ0) is 12.7. The van der Waals surface area contributed by atoms with E-state index in [4.69, 9.17) is 0 Å². The molecule has 6 heteroatoms. The molecule has 5 nitrogen and oxygen atoms in total. The van der Waals surface area contributed by atoms with Crippen molar-refractivity contribution in [2.24, 2.45) is 0 Å². The average Bonchev–Trinajstić information content (AvgIpc) is 2.86. The molecule has 0 fully saturated rings. The Kier molecular flexibility index (Phi) is 2.59. The SMILES string of the molecule is COC(=O)c1ccc2c(=O)n3c(nc2c1)SCC3. The maximum atomic E-state index is 12.2. The summed E-state index contributed by atoms with van der Waals surface area (Å²) in [5, 5.41) is 1.25. The van der Waals surface area contributed by atoms with Crippen LogP contribution in [0.25, 0.3) is 10.9 Å². The van der Waals surface area contributed by atoms with Gasteiger partial charge < -0.3 is 4.74 Å². The zero-order valence-corrected chi connectivity index (χ0v) is 10.5. The third-order valence-corrected chi connectivity index (χ3v) is 3.84. The summed E-state index contributed by atoms with van der Waals surface area (Å²) < 4.78 is 6.32. The predicted octanol–water partition coefficient (Wildman–Crippen LogP) is 1.29. The van der Waals surface area contributed by atoms with Gasteiger partial charge in [-0.25, -0.2) is 9.78 Å². The lowest BCUT2D eigenvalue weighted by Gasteiger charge is -2.05. The molecule has 0 N–H and O–H groups in total. The first-order valence-corrected chi connectivity index (χ1v) is 6.45. The van der Waals surface area contributed by atoms with Crippen LogP contribution in [0.3, 0.4) is 0 Å². The van der Waals surface area contributed by atoms with Crippen LogP contribution in [-0.4, -0.2) is 28.4 Å². The van der Waals surface area contributed by atoms with Crippen LogP contribution in [0.1, 0.15) is 10.4 Å². The van der Waals surface area contributed by atoms with Crippen LogP contribution in [0.4, 0.5) is 0 Å². The fraction of sp³-hybridized carbons (Fsp3) is 0.250. The topological polar surface area (TPSA) is 61.2 Å². The molecule has 2 heterocycles. The van der Waals surface area contributed by atoms with Gasteiger partial charge >= 0.3 is 5.97 Å². The van der Waals surface area contributed by atoms with Crippen molar-refractivity contribution in [1.82, 2.24) is 9.55 Å². The van der Waals surface area contributed by atoms with Gasteiger partial charge in [-0.3, -0.25) is 9.36 Å². The van der Waals surface area contributed by atoms with Crippen LogP contribution in [-0.2, 0) is 11.3 Å². The molecule has 1 aliphatic heterocycles.